The molecule has 0 amide bonds. The third kappa shape index (κ3) is 4.77. The molecule has 1 aliphatic rings. The molecular weight excluding hydrogens is 298 g/mol. The molecule has 1 atom stereocenters. The molecule has 1 aliphatic carbocycles. The summed E-state index contributed by atoms with van der Waals surface area (Å²) in [6.07, 6.45) is 10.2. The van der Waals surface area contributed by atoms with E-state index in [9.17, 15) is 0 Å². The number of hydrogen-bond acceptors (Lipinski definition) is 1. The molecule has 0 spiro atoms. The van der Waals surface area contributed by atoms with E-state index < -0.39 is 0 Å². The molecule has 0 saturated heterocycles. The highest BCUT2D eigenvalue weighted by atomic mass is 79.9. The van der Waals surface area contributed by atoms with Crippen LogP contribution in [0.2, 0.25) is 0 Å². The zero-order valence-corrected chi connectivity index (χ0v) is 13.4. The van der Waals surface area contributed by atoms with Gasteiger partial charge in [0.05, 0.1) is 0 Å². The Hall–Kier alpha value is -0.600. The van der Waals surface area contributed by atoms with Crippen LogP contribution in [0, 0.1) is 0 Å². The van der Waals surface area contributed by atoms with Crippen LogP contribution < -0.4 is 5.32 Å². The third-order valence-corrected chi connectivity index (χ3v) is 4.36. The summed E-state index contributed by atoms with van der Waals surface area (Å²) in [5, 5.41) is 3.66. The van der Waals surface area contributed by atoms with E-state index in [2.05, 4.69) is 58.5 Å². The summed E-state index contributed by atoms with van der Waals surface area (Å²) in [6, 6.07) is 9.25. The van der Waals surface area contributed by atoms with Gasteiger partial charge in [-0.25, -0.2) is 0 Å². The molecule has 0 aliphatic heterocycles. The van der Waals surface area contributed by atoms with E-state index in [0.717, 1.165) is 17.4 Å². The smallest absolute Gasteiger partial charge is 0.0319 e. The van der Waals surface area contributed by atoms with Gasteiger partial charge in [0.15, 0.2) is 0 Å². The molecule has 1 unspecified atom stereocenters. The first-order valence-corrected chi connectivity index (χ1v) is 8.25. The van der Waals surface area contributed by atoms with Gasteiger partial charge in [-0.05, 0) is 56.3 Å². The molecule has 1 aromatic rings. The summed E-state index contributed by atoms with van der Waals surface area (Å²) in [6.45, 7) is 3.24. The number of rotatable bonds is 5. The molecule has 19 heavy (non-hydrogen) atoms. The largest absolute Gasteiger partial charge is 0.310 e. The van der Waals surface area contributed by atoms with Crippen molar-refractivity contribution in [2.24, 2.45) is 0 Å². The quantitative estimate of drug-likeness (QED) is 0.763. The molecule has 0 heterocycles. The third-order valence-electron chi connectivity index (χ3n) is 3.83. The van der Waals surface area contributed by atoms with Gasteiger partial charge in [0, 0.05) is 10.5 Å². The van der Waals surface area contributed by atoms with Gasteiger partial charge in [-0.1, -0.05) is 53.1 Å². The maximum atomic E-state index is 3.66. The Morgan fingerprint density at radius 3 is 2.68 bits per heavy atom. The lowest BCUT2D eigenvalue weighted by molar-refractivity contribution is 0.562. The highest BCUT2D eigenvalue weighted by Gasteiger charge is 2.15. The number of nitrogens with one attached hydrogen (secondary N) is 1. The van der Waals surface area contributed by atoms with Crippen molar-refractivity contribution in [3.63, 3.8) is 0 Å². The molecule has 0 fully saturated rings. The van der Waals surface area contributed by atoms with Gasteiger partial charge in [0.25, 0.3) is 0 Å². The van der Waals surface area contributed by atoms with Crippen LogP contribution in [0.15, 0.2) is 40.4 Å². The Morgan fingerprint density at radius 2 is 1.95 bits per heavy atom. The standard InChI is InChI=1S/C17H24BrN/c1-2-19-17(15-7-5-3-4-6-8-15)13-14-9-11-16(18)12-10-14/h7,9-12,17,19H,2-6,8,13H2,1H3. The minimum atomic E-state index is 0.518. The van der Waals surface area contributed by atoms with Crippen molar-refractivity contribution in [3.8, 4) is 0 Å². The Kier molecular flexibility index (Phi) is 6.12. The van der Waals surface area contributed by atoms with Crippen molar-refractivity contribution in [2.45, 2.75) is 51.5 Å². The molecular formula is C17H24BrN. The van der Waals surface area contributed by atoms with Gasteiger partial charge in [-0.2, -0.15) is 0 Å². The molecule has 104 valence electrons. The summed E-state index contributed by atoms with van der Waals surface area (Å²) >= 11 is 3.50. The maximum absolute atomic E-state index is 3.66. The summed E-state index contributed by atoms with van der Waals surface area (Å²) in [4.78, 5) is 0. The van der Waals surface area contributed by atoms with E-state index in [-0.39, 0.29) is 0 Å². The second-order valence-corrected chi connectivity index (χ2v) is 6.23. The van der Waals surface area contributed by atoms with E-state index in [1.807, 2.05) is 0 Å². The zero-order valence-electron chi connectivity index (χ0n) is 11.8. The van der Waals surface area contributed by atoms with Crippen LogP contribution in [0.3, 0.4) is 0 Å². The Bertz CT molecular complexity index is 408. The minimum absolute atomic E-state index is 0.518. The highest BCUT2D eigenvalue weighted by Crippen LogP contribution is 2.22. The second-order valence-electron chi connectivity index (χ2n) is 5.32. The minimum Gasteiger partial charge on any atom is -0.310 e. The topological polar surface area (TPSA) is 12.0 Å². The molecule has 0 radical (unpaired) electrons. The molecule has 2 rings (SSSR count). The first-order chi connectivity index (χ1) is 9.29. The van der Waals surface area contributed by atoms with Crippen LogP contribution in [0.5, 0.6) is 0 Å². The molecule has 0 bridgehead atoms. The lowest BCUT2D eigenvalue weighted by atomic mass is 9.95. The van der Waals surface area contributed by atoms with Gasteiger partial charge >= 0.3 is 0 Å². The average molecular weight is 322 g/mol. The lowest BCUT2D eigenvalue weighted by Gasteiger charge is -2.21. The highest BCUT2D eigenvalue weighted by molar-refractivity contribution is 9.10. The summed E-state index contributed by atoms with van der Waals surface area (Å²) in [7, 11) is 0. The van der Waals surface area contributed by atoms with Gasteiger partial charge in [-0.15, -0.1) is 0 Å². The molecule has 2 heteroatoms. The Morgan fingerprint density at radius 1 is 1.16 bits per heavy atom. The average Bonchev–Trinajstić information content (AvgIpc) is 2.70. The fraction of sp³-hybridized carbons (Fsp3) is 0.529. The molecule has 1 nitrogen and oxygen atoms in total. The number of hydrogen-bond donors (Lipinski definition) is 1. The monoisotopic (exact) mass is 321 g/mol. The van der Waals surface area contributed by atoms with Crippen molar-refractivity contribution in [2.75, 3.05) is 6.54 Å². The van der Waals surface area contributed by atoms with Gasteiger partial charge in [-0.3, -0.25) is 0 Å². The van der Waals surface area contributed by atoms with Crippen LogP contribution >= 0.6 is 15.9 Å². The van der Waals surface area contributed by atoms with E-state index in [0.29, 0.717) is 6.04 Å². The summed E-state index contributed by atoms with van der Waals surface area (Å²) in [5.41, 5.74) is 3.04. The van der Waals surface area contributed by atoms with E-state index in [1.165, 1.54) is 37.7 Å². The molecule has 1 aromatic carbocycles. The first kappa shape index (κ1) is 14.8. The molecule has 0 saturated carbocycles. The van der Waals surface area contributed by atoms with Gasteiger partial charge < -0.3 is 5.32 Å². The number of allylic oxidation sites excluding steroid dienone is 1. The summed E-state index contributed by atoms with van der Waals surface area (Å²) < 4.78 is 1.16. The molecule has 0 aromatic heterocycles. The second kappa shape index (κ2) is 7.86. The Balaban J connectivity index is 2.06. The van der Waals surface area contributed by atoms with Crippen LogP contribution in [-0.2, 0) is 6.42 Å². The van der Waals surface area contributed by atoms with Gasteiger partial charge in [0.1, 0.15) is 0 Å². The van der Waals surface area contributed by atoms with Crippen LogP contribution in [0.4, 0.5) is 0 Å². The van der Waals surface area contributed by atoms with Crippen molar-refractivity contribution in [1.29, 1.82) is 0 Å². The van der Waals surface area contributed by atoms with E-state index >= 15 is 0 Å². The van der Waals surface area contributed by atoms with E-state index in [4.69, 9.17) is 0 Å². The number of halogens is 1. The Labute approximate surface area is 125 Å². The van der Waals surface area contributed by atoms with Crippen LogP contribution in [0.1, 0.15) is 44.6 Å². The van der Waals surface area contributed by atoms with Crippen molar-refractivity contribution in [1.82, 2.24) is 5.32 Å². The number of benzene rings is 1. The predicted octanol–water partition coefficient (Wildman–Crippen LogP) is 4.86. The fourth-order valence-electron chi connectivity index (χ4n) is 2.79. The van der Waals surface area contributed by atoms with Crippen LogP contribution in [-0.4, -0.2) is 12.6 Å². The zero-order chi connectivity index (χ0) is 13.5. The van der Waals surface area contributed by atoms with Crippen molar-refractivity contribution in [3.05, 3.63) is 46.0 Å². The normalized spacial score (nSPS) is 17.7. The van der Waals surface area contributed by atoms with Crippen molar-refractivity contribution >= 4 is 15.9 Å². The molecule has 1 N–H and O–H groups in total. The number of likely N-dealkylation sites (N-methyl/N-ethyl adjacent to an activating group) is 1. The lowest BCUT2D eigenvalue weighted by Crippen LogP contribution is -2.32. The summed E-state index contributed by atoms with van der Waals surface area (Å²) in [5.74, 6) is 0. The maximum Gasteiger partial charge on any atom is 0.0319 e. The predicted molar refractivity (Wildman–Crippen MR) is 86.5 cm³/mol. The van der Waals surface area contributed by atoms with E-state index in [1.54, 1.807) is 5.57 Å². The van der Waals surface area contributed by atoms with Crippen molar-refractivity contribution < 1.29 is 0 Å². The van der Waals surface area contributed by atoms with Gasteiger partial charge in [0.2, 0.25) is 0 Å². The van der Waals surface area contributed by atoms with Crippen LogP contribution in [0.25, 0.3) is 0 Å². The first-order valence-electron chi connectivity index (χ1n) is 7.46. The SMILES string of the molecule is CCNC(Cc1ccc(Br)cc1)C1=CCCCCC1. The fourth-order valence-corrected chi connectivity index (χ4v) is 3.06.